The van der Waals surface area contributed by atoms with Gasteiger partial charge in [-0.05, 0) is 31.3 Å². The number of nitrogens with one attached hydrogen (secondary N) is 1. The van der Waals surface area contributed by atoms with Gasteiger partial charge in [0, 0.05) is 33.3 Å². The van der Waals surface area contributed by atoms with Gasteiger partial charge in [0.2, 0.25) is 0 Å². The molecule has 0 saturated carbocycles. The van der Waals surface area contributed by atoms with Crippen molar-refractivity contribution in [2.75, 3.05) is 53.6 Å². The minimum atomic E-state index is -0.598. The third-order valence-electron chi connectivity index (χ3n) is 2.98. The van der Waals surface area contributed by atoms with Crippen LogP contribution in [-0.2, 0) is 4.74 Å². The standard InChI is InChI=1S/C15H25FN2O3/c1-18(9-10-20-2)8-7-17-11-14(19)12-21-15-5-3-13(16)4-6-15/h3-6,14,17,19H,7-12H2,1-2H3. The van der Waals surface area contributed by atoms with Gasteiger partial charge in [-0.25, -0.2) is 4.39 Å². The number of hydrogen-bond donors (Lipinski definition) is 2. The summed E-state index contributed by atoms with van der Waals surface area (Å²) in [5, 5.41) is 12.9. The molecule has 0 heterocycles. The van der Waals surface area contributed by atoms with Crippen molar-refractivity contribution in [1.29, 1.82) is 0 Å². The van der Waals surface area contributed by atoms with Crippen LogP contribution >= 0.6 is 0 Å². The lowest BCUT2D eigenvalue weighted by atomic mass is 10.3. The van der Waals surface area contributed by atoms with E-state index in [9.17, 15) is 9.50 Å². The fraction of sp³-hybridized carbons (Fsp3) is 0.600. The topological polar surface area (TPSA) is 54.0 Å². The molecule has 1 rings (SSSR count). The third kappa shape index (κ3) is 8.62. The highest BCUT2D eigenvalue weighted by atomic mass is 19.1. The van der Waals surface area contributed by atoms with Crippen LogP contribution in [0.3, 0.4) is 0 Å². The summed E-state index contributed by atoms with van der Waals surface area (Å²) in [6, 6.07) is 5.74. The molecule has 0 radical (unpaired) electrons. The molecule has 1 aromatic rings. The van der Waals surface area contributed by atoms with Gasteiger partial charge in [0.15, 0.2) is 0 Å². The second kappa shape index (κ2) is 10.5. The lowest BCUT2D eigenvalue weighted by molar-refractivity contribution is 0.105. The number of likely N-dealkylation sites (N-methyl/N-ethyl adjacent to an activating group) is 1. The Morgan fingerprint density at radius 1 is 1.29 bits per heavy atom. The molecule has 1 atom stereocenters. The Morgan fingerprint density at radius 2 is 2.00 bits per heavy atom. The van der Waals surface area contributed by atoms with Crippen LogP contribution in [0.4, 0.5) is 4.39 Å². The zero-order valence-electron chi connectivity index (χ0n) is 12.7. The number of nitrogens with zero attached hydrogens (tertiary/aromatic N) is 1. The predicted molar refractivity (Wildman–Crippen MR) is 80.1 cm³/mol. The van der Waals surface area contributed by atoms with Crippen LogP contribution in [0.15, 0.2) is 24.3 Å². The largest absolute Gasteiger partial charge is 0.491 e. The maximum absolute atomic E-state index is 12.7. The summed E-state index contributed by atoms with van der Waals surface area (Å²) in [6.07, 6.45) is -0.598. The molecule has 1 aromatic carbocycles. The Morgan fingerprint density at radius 3 is 2.67 bits per heavy atom. The molecule has 21 heavy (non-hydrogen) atoms. The number of aliphatic hydroxyl groups excluding tert-OH is 1. The summed E-state index contributed by atoms with van der Waals surface area (Å²) in [5.74, 6) is 0.247. The van der Waals surface area contributed by atoms with Crippen molar-refractivity contribution >= 4 is 0 Å². The van der Waals surface area contributed by atoms with Crippen LogP contribution < -0.4 is 10.1 Å². The highest BCUT2D eigenvalue weighted by Crippen LogP contribution is 2.11. The van der Waals surface area contributed by atoms with Crippen LogP contribution in [0.1, 0.15) is 0 Å². The Kier molecular flexibility index (Phi) is 8.93. The van der Waals surface area contributed by atoms with Gasteiger partial charge in [-0.15, -0.1) is 0 Å². The molecule has 0 bridgehead atoms. The van der Waals surface area contributed by atoms with Crippen molar-refractivity contribution in [3.8, 4) is 5.75 Å². The maximum atomic E-state index is 12.7. The molecular weight excluding hydrogens is 275 g/mol. The number of methoxy groups -OCH3 is 1. The summed E-state index contributed by atoms with van der Waals surface area (Å²) in [6.45, 7) is 3.90. The minimum Gasteiger partial charge on any atom is -0.491 e. The molecule has 0 aromatic heterocycles. The van der Waals surface area contributed by atoms with E-state index in [2.05, 4.69) is 10.2 Å². The van der Waals surface area contributed by atoms with Crippen molar-refractivity contribution < 1.29 is 19.0 Å². The lowest BCUT2D eigenvalue weighted by Gasteiger charge is -2.17. The number of benzene rings is 1. The Hall–Kier alpha value is -1.21. The predicted octanol–water partition coefficient (Wildman–Crippen LogP) is 0.733. The number of aliphatic hydroxyl groups is 1. The van der Waals surface area contributed by atoms with Gasteiger partial charge in [-0.1, -0.05) is 0 Å². The molecule has 0 spiro atoms. The summed E-state index contributed by atoms with van der Waals surface area (Å²) in [5.41, 5.74) is 0. The van der Waals surface area contributed by atoms with E-state index in [1.807, 2.05) is 7.05 Å². The summed E-state index contributed by atoms with van der Waals surface area (Å²) >= 11 is 0. The molecule has 1 unspecified atom stereocenters. The number of hydrogen-bond acceptors (Lipinski definition) is 5. The van der Waals surface area contributed by atoms with Crippen LogP contribution in [0.2, 0.25) is 0 Å². The second-order valence-corrected chi connectivity index (χ2v) is 4.92. The van der Waals surface area contributed by atoms with Gasteiger partial charge in [0.25, 0.3) is 0 Å². The van der Waals surface area contributed by atoms with Crippen LogP contribution in [-0.4, -0.2) is 69.7 Å². The Bertz CT molecular complexity index is 376. The van der Waals surface area contributed by atoms with E-state index in [0.29, 0.717) is 18.9 Å². The third-order valence-corrected chi connectivity index (χ3v) is 2.98. The van der Waals surface area contributed by atoms with Crippen molar-refractivity contribution in [3.05, 3.63) is 30.1 Å². The van der Waals surface area contributed by atoms with Crippen LogP contribution in [0.25, 0.3) is 0 Å². The van der Waals surface area contributed by atoms with Crippen molar-refractivity contribution in [2.24, 2.45) is 0 Å². The lowest BCUT2D eigenvalue weighted by Crippen LogP contribution is -2.36. The fourth-order valence-electron chi connectivity index (χ4n) is 1.68. The molecule has 6 heteroatoms. The zero-order chi connectivity index (χ0) is 15.5. The average molecular weight is 300 g/mol. The van der Waals surface area contributed by atoms with E-state index in [1.165, 1.54) is 12.1 Å². The number of rotatable bonds is 11. The Balaban J connectivity index is 2.06. The van der Waals surface area contributed by atoms with Gasteiger partial charge in [0.1, 0.15) is 24.3 Å². The smallest absolute Gasteiger partial charge is 0.123 e. The van der Waals surface area contributed by atoms with Crippen LogP contribution in [0.5, 0.6) is 5.75 Å². The molecule has 0 aliphatic rings. The first-order valence-corrected chi connectivity index (χ1v) is 7.06. The van der Waals surface area contributed by atoms with Gasteiger partial charge >= 0.3 is 0 Å². The molecule has 0 amide bonds. The van der Waals surface area contributed by atoms with Crippen molar-refractivity contribution in [2.45, 2.75) is 6.10 Å². The minimum absolute atomic E-state index is 0.179. The molecule has 0 fully saturated rings. The van der Waals surface area contributed by atoms with Gasteiger partial charge in [-0.3, -0.25) is 0 Å². The first kappa shape index (κ1) is 17.8. The quantitative estimate of drug-likeness (QED) is 0.590. The molecule has 2 N–H and O–H groups in total. The summed E-state index contributed by atoms with van der Waals surface area (Å²) in [7, 11) is 3.71. The molecule has 5 nitrogen and oxygen atoms in total. The van der Waals surface area contributed by atoms with E-state index >= 15 is 0 Å². The monoisotopic (exact) mass is 300 g/mol. The van der Waals surface area contributed by atoms with E-state index < -0.39 is 6.10 Å². The van der Waals surface area contributed by atoms with Crippen LogP contribution in [0, 0.1) is 5.82 Å². The van der Waals surface area contributed by atoms with E-state index in [-0.39, 0.29) is 12.4 Å². The normalized spacial score (nSPS) is 12.6. The molecule has 0 aliphatic heterocycles. The van der Waals surface area contributed by atoms with Gasteiger partial charge < -0.3 is 24.8 Å². The van der Waals surface area contributed by atoms with Crippen molar-refractivity contribution in [3.63, 3.8) is 0 Å². The Labute approximate surface area is 125 Å². The first-order valence-electron chi connectivity index (χ1n) is 7.06. The zero-order valence-corrected chi connectivity index (χ0v) is 12.7. The maximum Gasteiger partial charge on any atom is 0.123 e. The number of ether oxygens (including phenoxy) is 2. The van der Waals surface area contributed by atoms with E-state index in [0.717, 1.165) is 19.6 Å². The molecule has 0 saturated heterocycles. The molecule has 120 valence electrons. The van der Waals surface area contributed by atoms with Crippen molar-refractivity contribution in [1.82, 2.24) is 10.2 Å². The van der Waals surface area contributed by atoms with E-state index in [1.54, 1.807) is 19.2 Å². The first-order chi connectivity index (χ1) is 10.1. The SMILES string of the molecule is COCCN(C)CCNCC(O)COc1ccc(F)cc1. The van der Waals surface area contributed by atoms with E-state index in [4.69, 9.17) is 9.47 Å². The number of halogens is 1. The summed E-state index contributed by atoms with van der Waals surface area (Å²) in [4.78, 5) is 2.15. The van der Waals surface area contributed by atoms with Gasteiger partial charge in [0.05, 0.1) is 6.61 Å². The fourth-order valence-corrected chi connectivity index (χ4v) is 1.68. The molecule has 0 aliphatic carbocycles. The second-order valence-electron chi connectivity index (χ2n) is 4.92. The highest BCUT2D eigenvalue weighted by Gasteiger charge is 2.05. The van der Waals surface area contributed by atoms with Gasteiger partial charge in [-0.2, -0.15) is 0 Å². The average Bonchev–Trinajstić information content (AvgIpc) is 2.49. The molecular formula is C15H25FN2O3. The highest BCUT2D eigenvalue weighted by molar-refractivity contribution is 5.22. The summed E-state index contributed by atoms with van der Waals surface area (Å²) < 4.78 is 23.1.